The van der Waals surface area contributed by atoms with Gasteiger partial charge in [0.15, 0.2) is 5.96 Å². The number of aliphatic imine (C=N–C) groups is 1. The number of carbonyl (C=O) groups is 1. The van der Waals surface area contributed by atoms with Crippen molar-refractivity contribution in [2.24, 2.45) is 10.9 Å². The molecule has 1 fully saturated rings. The normalized spacial score (nSPS) is 17.4. The van der Waals surface area contributed by atoms with E-state index in [0.717, 1.165) is 44.2 Å². The maximum Gasteiger partial charge on any atom is 0.251 e. The van der Waals surface area contributed by atoms with Crippen molar-refractivity contribution in [1.29, 1.82) is 0 Å². The molecular formula is C19H30N4O2. The van der Waals surface area contributed by atoms with Gasteiger partial charge in [-0.15, -0.1) is 0 Å². The smallest absolute Gasteiger partial charge is 0.251 e. The number of guanidine groups is 1. The van der Waals surface area contributed by atoms with Crippen molar-refractivity contribution in [1.82, 2.24) is 15.5 Å². The standard InChI is InChI=1S/C19H30N4O2/c1-4-20-19(23(3)13-16-8-11-25-14-16)22-10-9-21-18(24)17-7-5-6-15(2)12-17/h5-7,12,16H,4,8-11,13-14H2,1-3H3,(H,20,22)(H,21,24). The lowest BCUT2D eigenvalue weighted by Gasteiger charge is -2.24. The lowest BCUT2D eigenvalue weighted by molar-refractivity contribution is 0.0954. The van der Waals surface area contributed by atoms with Crippen LogP contribution in [0.15, 0.2) is 29.3 Å². The summed E-state index contributed by atoms with van der Waals surface area (Å²) in [7, 11) is 2.05. The molecule has 1 saturated heterocycles. The molecular weight excluding hydrogens is 316 g/mol. The van der Waals surface area contributed by atoms with Gasteiger partial charge in [-0.2, -0.15) is 0 Å². The number of nitrogens with zero attached hydrogens (tertiary/aromatic N) is 2. The summed E-state index contributed by atoms with van der Waals surface area (Å²) >= 11 is 0. The topological polar surface area (TPSA) is 66.0 Å². The van der Waals surface area contributed by atoms with Crippen LogP contribution < -0.4 is 10.6 Å². The monoisotopic (exact) mass is 346 g/mol. The molecule has 2 rings (SSSR count). The van der Waals surface area contributed by atoms with E-state index in [4.69, 9.17) is 4.74 Å². The van der Waals surface area contributed by atoms with Crippen molar-refractivity contribution >= 4 is 11.9 Å². The summed E-state index contributed by atoms with van der Waals surface area (Å²) in [5.41, 5.74) is 1.77. The Morgan fingerprint density at radius 2 is 2.24 bits per heavy atom. The van der Waals surface area contributed by atoms with Crippen LogP contribution in [0, 0.1) is 12.8 Å². The van der Waals surface area contributed by atoms with Crippen molar-refractivity contribution < 1.29 is 9.53 Å². The molecule has 0 saturated carbocycles. The van der Waals surface area contributed by atoms with Crippen LogP contribution in [0.25, 0.3) is 0 Å². The van der Waals surface area contributed by atoms with Crippen molar-refractivity contribution in [3.05, 3.63) is 35.4 Å². The fourth-order valence-corrected chi connectivity index (χ4v) is 2.89. The molecule has 1 atom stereocenters. The van der Waals surface area contributed by atoms with Gasteiger partial charge in [-0.05, 0) is 32.4 Å². The predicted molar refractivity (Wildman–Crippen MR) is 101 cm³/mol. The second-order valence-corrected chi connectivity index (χ2v) is 6.47. The number of hydrogen-bond acceptors (Lipinski definition) is 3. The highest BCUT2D eigenvalue weighted by atomic mass is 16.5. The molecule has 0 bridgehead atoms. The maximum absolute atomic E-state index is 12.1. The summed E-state index contributed by atoms with van der Waals surface area (Å²) in [6.45, 7) is 8.54. The summed E-state index contributed by atoms with van der Waals surface area (Å²) in [6.07, 6.45) is 1.11. The molecule has 1 heterocycles. The van der Waals surface area contributed by atoms with E-state index < -0.39 is 0 Å². The molecule has 1 aromatic carbocycles. The number of carbonyl (C=O) groups excluding carboxylic acids is 1. The molecule has 1 aromatic rings. The third-order valence-electron chi connectivity index (χ3n) is 4.19. The van der Waals surface area contributed by atoms with E-state index in [1.165, 1.54) is 0 Å². The quantitative estimate of drug-likeness (QED) is 0.448. The van der Waals surface area contributed by atoms with Gasteiger partial charge in [0.1, 0.15) is 0 Å². The number of amides is 1. The summed E-state index contributed by atoms with van der Waals surface area (Å²) in [6, 6.07) is 7.59. The molecule has 0 aliphatic carbocycles. The minimum Gasteiger partial charge on any atom is -0.381 e. The Morgan fingerprint density at radius 3 is 2.92 bits per heavy atom. The van der Waals surface area contributed by atoms with Crippen LogP contribution in [-0.2, 0) is 4.74 Å². The van der Waals surface area contributed by atoms with E-state index in [1.54, 1.807) is 0 Å². The summed E-state index contributed by atoms with van der Waals surface area (Å²) in [4.78, 5) is 18.9. The van der Waals surface area contributed by atoms with E-state index >= 15 is 0 Å². The lowest BCUT2D eigenvalue weighted by Crippen LogP contribution is -2.42. The van der Waals surface area contributed by atoms with Crippen molar-refractivity contribution in [2.75, 3.05) is 46.4 Å². The molecule has 1 amide bonds. The van der Waals surface area contributed by atoms with Crippen LogP contribution in [0.1, 0.15) is 29.3 Å². The average molecular weight is 346 g/mol. The van der Waals surface area contributed by atoms with Crippen LogP contribution in [0.5, 0.6) is 0 Å². The molecule has 0 aromatic heterocycles. The van der Waals surface area contributed by atoms with Crippen LogP contribution in [0.3, 0.4) is 0 Å². The van der Waals surface area contributed by atoms with E-state index in [2.05, 4.69) is 27.4 Å². The molecule has 0 radical (unpaired) electrons. The van der Waals surface area contributed by atoms with Gasteiger partial charge in [0.05, 0.1) is 13.2 Å². The van der Waals surface area contributed by atoms with Gasteiger partial charge in [0, 0.05) is 44.8 Å². The predicted octanol–water partition coefficient (Wildman–Crippen LogP) is 1.66. The van der Waals surface area contributed by atoms with Crippen molar-refractivity contribution in [3.8, 4) is 0 Å². The summed E-state index contributed by atoms with van der Waals surface area (Å²) in [5.74, 6) is 1.38. The number of rotatable bonds is 7. The highest BCUT2D eigenvalue weighted by molar-refractivity contribution is 5.94. The van der Waals surface area contributed by atoms with E-state index in [-0.39, 0.29) is 5.91 Å². The van der Waals surface area contributed by atoms with Crippen molar-refractivity contribution in [3.63, 3.8) is 0 Å². The van der Waals surface area contributed by atoms with Crippen LogP contribution in [0.2, 0.25) is 0 Å². The Bertz CT molecular complexity index is 583. The van der Waals surface area contributed by atoms with Gasteiger partial charge in [-0.3, -0.25) is 9.79 Å². The van der Waals surface area contributed by atoms with Crippen molar-refractivity contribution in [2.45, 2.75) is 20.3 Å². The van der Waals surface area contributed by atoms with Crippen LogP contribution in [0.4, 0.5) is 0 Å². The second-order valence-electron chi connectivity index (χ2n) is 6.47. The first-order valence-electron chi connectivity index (χ1n) is 9.02. The molecule has 6 heteroatoms. The number of ether oxygens (including phenoxy) is 1. The highest BCUT2D eigenvalue weighted by Crippen LogP contribution is 2.13. The number of nitrogens with one attached hydrogen (secondary N) is 2. The van der Waals surface area contributed by atoms with Gasteiger partial charge in [0.25, 0.3) is 5.91 Å². The zero-order valence-electron chi connectivity index (χ0n) is 15.5. The molecule has 1 aliphatic heterocycles. The Morgan fingerprint density at radius 1 is 1.40 bits per heavy atom. The number of benzene rings is 1. The summed E-state index contributed by atoms with van der Waals surface area (Å²) < 4.78 is 5.44. The Kier molecular flexibility index (Phi) is 7.73. The minimum atomic E-state index is -0.0552. The van der Waals surface area contributed by atoms with Crippen LogP contribution in [-0.4, -0.2) is 63.2 Å². The molecule has 2 N–H and O–H groups in total. The fraction of sp³-hybridized carbons (Fsp3) is 0.579. The minimum absolute atomic E-state index is 0.0552. The molecule has 0 spiro atoms. The van der Waals surface area contributed by atoms with Gasteiger partial charge in [0.2, 0.25) is 0 Å². The van der Waals surface area contributed by atoms with Gasteiger partial charge in [-0.1, -0.05) is 17.7 Å². The molecule has 25 heavy (non-hydrogen) atoms. The zero-order valence-corrected chi connectivity index (χ0v) is 15.5. The zero-order chi connectivity index (χ0) is 18.1. The average Bonchev–Trinajstić information content (AvgIpc) is 3.10. The SMILES string of the molecule is CCNC(=NCCNC(=O)c1cccc(C)c1)N(C)CC1CCOC1. The molecule has 1 unspecified atom stereocenters. The third kappa shape index (κ3) is 6.38. The molecule has 6 nitrogen and oxygen atoms in total. The molecule has 1 aliphatic rings. The lowest BCUT2D eigenvalue weighted by atomic mass is 10.1. The first-order valence-corrected chi connectivity index (χ1v) is 9.02. The fourth-order valence-electron chi connectivity index (χ4n) is 2.89. The van der Waals surface area contributed by atoms with E-state index in [1.807, 2.05) is 38.2 Å². The van der Waals surface area contributed by atoms with E-state index in [0.29, 0.717) is 24.6 Å². The van der Waals surface area contributed by atoms with Gasteiger partial charge < -0.3 is 20.3 Å². The highest BCUT2D eigenvalue weighted by Gasteiger charge is 2.18. The second kappa shape index (κ2) is 10.0. The maximum atomic E-state index is 12.1. The third-order valence-corrected chi connectivity index (χ3v) is 4.19. The van der Waals surface area contributed by atoms with Gasteiger partial charge in [-0.25, -0.2) is 0 Å². The number of hydrogen-bond donors (Lipinski definition) is 2. The Hall–Kier alpha value is -2.08. The Labute approximate surface area is 150 Å². The Balaban J connectivity index is 1.80. The largest absolute Gasteiger partial charge is 0.381 e. The van der Waals surface area contributed by atoms with Crippen LogP contribution >= 0.6 is 0 Å². The number of aryl methyl sites for hydroxylation is 1. The first kappa shape index (κ1) is 19.2. The first-order chi connectivity index (χ1) is 12.1. The van der Waals surface area contributed by atoms with E-state index in [9.17, 15) is 4.79 Å². The molecule has 138 valence electrons. The summed E-state index contributed by atoms with van der Waals surface area (Å²) in [5, 5.41) is 6.23. The van der Waals surface area contributed by atoms with Gasteiger partial charge >= 0.3 is 0 Å².